The van der Waals surface area contributed by atoms with Crippen molar-refractivity contribution in [2.75, 3.05) is 18.5 Å². The van der Waals surface area contributed by atoms with Gasteiger partial charge in [-0.25, -0.2) is 27.6 Å². The molecule has 72 heavy (non-hydrogen) atoms. The van der Waals surface area contributed by atoms with E-state index in [1.807, 2.05) is 36.4 Å². The first-order chi connectivity index (χ1) is 33.9. The highest BCUT2D eigenvalue weighted by molar-refractivity contribution is 6.02. The van der Waals surface area contributed by atoms with Gasteiger partial charge >= 0.3 is 36.1 Å². The topological polar surface area (TPSA) is 229 Å². The van der Waals surface area contributed by atoms with Gasteiger partial charge in [0.25, 0.3) is 5.91 Å². The van der Waals surface area contributed by atoms with Crippen molar-refractivity contribution in [3.63, 3.8) is 0 Å². The van der Waals surface area contributed by atoms with Crippen molar-refractivity contribution in [2.45, 2.75) is 103 Å². The van der Waals surface area contributed by atoms with E-state index in [4.69, 9.17) is 37.9 Å². The molecule has 0 radical (unpaired) electrons. The van der Waals surface area contributed by atoms with Crippen LogP contribution in [-0.4, -0.2) is 104 Å². The van der Waals surface area contributed by atoms with Crippen molar-refractivity contribution in [2.24, 2.45) is 0 Å². The molecular formula is C49H48F5N3O15. The predicted octanol–water partition coefficient (Wildman–Crippen LogP) is 6.90. The molecule has 0 saturated carbocycles. The molecule has 0 unspecified atom stereocenters. The van der Waals surface area contributed by atoms with E-state index in [0.29, 0.717) is 0 Å². The lowest BCUT2D eigenvalue weighted by Gasteiger charge is -2.45. The zero-order valence-corrected chi connectivity index (χ0v) is 39.5. The number of halogens is 5. The molecule has 0 bridgehead atoms. The van der Waals surface area contributed by atoms with Crippen LogP contribution in [0.15, 0.2) is 72.8 Å². The summed E-state index contributed by atoms with van der Waals surface area (Å²) in [5.74, 6) is -21.0. The molecule has 23 heteroatoms. The summed E-state index contributed by atoms with van der Waals surface area (Å²) in [6, 6.07) is 17.9. The van der Waals surface area contributed by atoms with E-state index in [0.717, 1.165) is 49.9 Å². The Hall–Kier alpha value is -7.66. The standard InChI is InChI=1S/C49H48F5N3O15/c1-22(39(45(62)71-41-37(53)35(51)34(50)36(52)38(41)54)57-47(63)65-21-31-28-16-10-8-14-26(28)27-15-9-11-17-29(27)31)66-46-43(69-25(4)60)42(68-24(3)59)40(67-23(2)58)33(70-46)20-55-44(61)30-18-12-13-19-32(30)56-48(64)72-49(5,6)7/h8-19,22,31,33,39-40,42-43,46H,20-21H2,1-7H3,(H,55,61)(H,56,64)(H,57,63)/t22-,33-,39+,40-,42+,43-,46-/m1/s1. The van der Waals surface area contributed by atoms with E-state index in [1.54, 1.807) is 32.9 Å². The van der Waals surface area contributed by atoms with E-state index >= 15 is 0 Å². The first-order valence-electron chi connectivity index (χ1n) is 22.0. The second-order valence-corrected chi connectivity index (χ2v) is 17.3. The second kappa shape index (κ2) is 22.6. The van der Waals surface area contributed by atoms with Crippen LogP contribution in [0.1, 0.15) is 75.9 Å². The van der Waals surface area contributed by atoms with Crippen LogP contribution >= 0.6 is 0 Å². The normalized spacial score (nSPS) is 19.0. The third kappa shape index (κ3) is 12.6. The first kappa shape index (κ1) is 53.7. The number of ether oxygens (including phenoxy) is 8. The lowest BCUT2D eigenvalue weighted by Crippen LogP contribution is -2.65. The minimum Gasteiger partial charge on any atom is -0.456 e. The molecule has 3 N–H and O–H groups in total. The van der Waals surface area contributed by atoms with E-state index in [-0.39, 0.29) is 17.9 Å². The minimum absolute atomic E-state index is 0.000741. The van der Waals surface area contributed by atoms with E-state index in [2.05, 4.69) is 16.0 Å². The average molecular weight is 1010 g/mol. The molecule has 7 atom stereocenters. The Morgan fingerprint density at radius 2 is 1.18 bits per heavy atom. The maximum atomic E-state index is 14.9. The second-order valence-electron chi connectivity index (χ2n) is 17.3. The average Bonchev–Trinajstić information content (AvgIpc) is 3.63. The molecule has 1 aliphatic heterocycles. The van der Waals surface area contributed by atoms with Gasteiger partial charge in [0.1, 0.15) is 18.3 Å². The fourth-order valence-corrected chi connectivity index (χ4v) is 7.88. The summed E-state index contributed by atoms with van der Waals surface area (Å²) in [5, 5.41) is 7.15. The molecule has 0 spiro atoms. The maximum absolute atomic E-state index is 14.9. The van der Waals surface area contributed by atoms with Gasteiger partial charge in [0.15, 0.2) is 30.6 Å². The molecule has 6 rings (SSSR count). The monoisotopic (exact) mass is 1010 g/mol. The molecule has 0 aromatic heterocycles. The highest BCUT2D eigenvalue weighted by atomic mass is 19.2. The number of carbonyl (C=O) groups excluding carboxylic acids is 7. The Balaban J connectivity index is 1.32. The largest absolute Gasteiger partial charge is 0.456 e. The zero-order valence-electron chi connectivity index (χ0n) is 39.5. The SMILES string of the molecule is CC(=O)O[C@@H]1[C@@H](OC(C)=O)[C@H](O[C@H](C)[C@H](NC(=O)OCC2c3ccccc3-c3ccccc32)C(=O)Oc2c(F)c(F)c(F)c(F)c2F)O[C@H](CNC(=O)c2ccccc2NC(=O)OC(C)(C)C)[C@H]1OC(C)=O. The summed E-state index contributed by atoms with van der Waals surface area (Å²) in [4.78, 5) is 91.8. The van der Waals surface area contributed by atoms with Gasteiger partial charge in [-0.2, -0.15) is 8.78 Å². The Kier molecular flexibility index (Phi) is 16.9. The molecule has 1 fully saturated rings. The number of fused-ring (bicyclic) bond motifs is 3. The van der Waals surface area contributed by atoms with Crippen molar-refractivity contribution in [1.82, 2.24) is 10.6 Å². The Labute approximate surface area is 407 Å². The quantitative estimate of drug-likeness (QED) is 0.0275. The smallest absolute Gasteiger partial charge is 0.412 e. The summed E-state index contributed by atoms with van der Waals surface area (Å²) >= 11 is 0. The van der Waals surface area contributed by atoms with Crippen LogP contribution in [-0.2, 0) is 52.3 Å². The van der Waals surface area contributed by atoms with Gasteiger partial charge < -0.3 is 48.5 Å². The van der Waals surface area contributed by atoms with Crippen LogP contribution in [0.2, 0.25) is 0 Å². The number of hydrogen-bond acceptors (Lipinski definition) is 15. The fraction of sp³-hybridized carbons (Fsp3) is 0.367. The van der Waals surface area contributed by atoms with E-state index < -0.39 is 138 Å². The fourth-order valence-electron chi connectivity index (χ4n) is 7.88. The molecule has 1 saturated heterocycles. The Morgan fingerprint density at radius 3 is 1.75 bits per heavy atom. The van der Waals surface area contributed by atoms with Crippen LogP contribution in [0, 0.1) is 29.1 Å². The van der Waals surface area contributed by atoms with Gasteiger partial charge in [0.2, 0.25) is 34.8 Å². The van der Waals surface area contributed by atoms with Crippen molar-refractivity contribution in [3.8, 4) is 16.9 Å². The molecule has 384 valence electrons. The summed E-state index contributed by atoms with van der Waals surface area (Å²) < 4.78 is 117. The van der Waals surface area contributed by atoms with E-state index in [9.17, 15) is 55.5 Å². The minimum atomic E-state index is -2.57. The van der Waals surface area contributed by atoms with Gasteiger partial charge in [-0.05, 0) is 62.1 Å². The number of carbonyl (C=O) groups is 7. The maximum Gasteiger partial charge on any atom is 0.412 e. The van der Waals surface area contributed by atoms with Gasteiger partial charge in [-0.1, -0.05) is 60.7 Å². The van der Waals surface area contributed by atoms with Gasteiger partial charge in [-0.3, -0.25) is 24.5 Å². The number of alkyl carbamates (subject to hydrolysis) is 1. The van der Waals surface area contributed by atoms with Crippen LogP contribution in [0.5, 0.6) is 5.75 Å². The van der Waals surface area contributed by atoms with Gasteiger partial charge in [-0.15, -0.1) is 0 Å². The number of anilines is 1. The summed E-state index contributed by atoms with van der Waals surface area (Å²) in [7, 11) is 0. The van der Waals surface area contributed by atoms with Crippen molar-refractivity contribution < 1.29 is 93.4 Å². The summed E-state index contributed by atoms with van der Waals surface area (Å²) in [6.07, 6.45) is -13.3. The zero-order chi connectivity index (χ0) is 52.8. The molecule has 4 aromatic carbocycles. The summed E-state index contributed by atoms with van der Waals surface area (Å²) in [5.41, 5.74) is 2.25. The van der Waals surface area contributed by atoms with Crippen LogP contribution in [0.3, 0.4) is 0 Å². The van der Waals surface area contributed by atoms with Crippen LogP contribution in [0.25, 0.3) is 11.1 Å². The van der Waals surface area contributed by atoms with Crippen molar-refractivity contribution >= 4 is 47.7 Å². The number of hydrogen-bond donors (Lipinski definition) is 3. The highest BCUT2D eigenvalue weighted by Crippen LogP contribution is 2.44. The number of nitrogens with one attached hydrogen (secondary N) is 3. The molecule has 18 nitrogen and oxygen atoms in total. The number of para-hydroxylation sites is 1. The third-order valence-corrected chi connectivity index (χ3v) is 10.8. The van der Waals surface area contributed by atoms with Crippen molar-refractivity contribution in [3.05, 3.63) is 119 Å². The van der Waals surface area contributed by atoms with Gasteiger partial charge in [0.05, 0.1) is 17.4 Å². The molecule has 2 aliphatic rings. The predicted molar refractivity (Wildman–Crippen MR) is 238 cm³/mol. The number of amides is 3. The molecule has 3 amide bonds. The van der Waals surface area contributed by atoms with E-state index in [1.165, 1.54) is 24.3 Å². The Morgan fingerprint density at radius 1 is 0.667 bits per heavy atom. The lowest BCUT2D eigenvalue weighted by atomic mass is 9.97. The summed E-state index contributed by atoms with van der Waals surface area (Å²) in [6.45, 7) is 7.74. The molecule has 1 aliphatic carbocycles. The first-order valence-corrected chi connectivity index (χ1v) is 22.0. The highest BCUT2D eigenvalue weighted by Gasteiger charge is 2.53. The molecular weight excluding hydrogens is 966 g/mol. The molecule has 4 aromatic rings. The molecule has 1 heterocycles. The van der Waals surface area contributed by atoms with Crippen LogP contribution in [0.4, 0.5) is 37.2 Å². The lowest BCUT2D eigenvalue weighted by molar-refractivity contribution is -0.311. The third-order valence-electron chi connectivity index (χ3n) is 10.8. The number of benzene rings is 4. The van der Waals surface area contributed by atoms with Crippen molar-refractivity contribution in [1.29, 1.82) is 0 Å². The number of esters is 4. The van der Waals surface area contributed by atoms with Crippen LogP contribution < -0.4 is 20.7 Å². The number of rotatable bonds is 15. The Bertz CT molecular complexity index is 2680. The van der Waals surface area contributed by atoms with Gasteiger partial charge in [0, 0.05) is 33.2 Å².